The molecule has 0 saturated heterocycles. The summed E-state index contributed by atoms with van der Waals surface area (Å²) < 4.78 is 5.33. The predicted octanol–water partition coefficient (Wildman–Crippen LogP) is 3.41. The molecule has 136 valence electrons. The van der Waals surface area contributed by atoms with E-state index in [1.807, 2.05) is 12.1 Å². The molecule has 0 N–H and O–H groups in total. The van der Waals surface area contributed by atoms with Gasteiger partial charge in [0.1, 0.15) is 0 Å². The summed E-state index contributed by atoms with van der Waals surface area (Å²) >= 11 is 0.565. The Morgan fingerprint density at radius 3 is 1.21 bits per heavy atom. The van der Waals surface area contributed by atoms with Crippen molar-refractivity contribution in [3.05, 3.63) is 109 Å². The van der Waals surface area contributed by atoms with Crippen LogP contribution in [0.3, 0.4) is 0 Å². The number of nitrogens with zero attached hydrogens (tertiary/aromatic N) is 2. The van der Waals surface area contributed by atoms with Crippen molar-refractivity contribution in [2.75, 3.05) is 0 Å². The van der Waals surface area contributed by atoms with E-state index in [-0.39, 0.29) is 29.9 Å². The average Bonchev–Trinajstić information content (AvgIpc) is 2.74. The van der Waals surface area contributed by atoms with E-state index in [0.29, 0.717) is 0 Å². The van der Waals surface area contributed by atoms with Gasteiger partial charge in [-0.1, -0.05) is 0 Å². The van der Waals surface area contributed by atoms with E-state index in [1.165, 1.54) is 17.8 Å². The van der Waals surface area contributed by atoms with Gasteiger partial charge in [-0.15, -0.1) is 0 Å². The van der Waals surface area contributed by atoms with Crippen LogP contribution < -0.4 is 17.8 Å². The average molecular weight is 492 g/mol. The number of rotatable bonds is 6. The molecule has 28 heavy (non-hydrogen) atoms. The zero-order chi connectivity index (χ0) is 19.0. The van der Waals surface area contributed by atoms with Crippen LogP contribution in [0.15, 0.2) is 119 Å². The molecular formula is C24H18N2Se2. The minimum atomic E-state index is 0.283. The van der Waals surface area contributed by atoms with Gasteiger partial charge in [0, 0.05) is 0 Å². The van der Waals surface area contributed by atoms with Crippen molar-refractivity contribution < 1.29 is 0 Å². The van der Waals surface area contributed by atoms with E-state index in [0.717, 1.165) is 11.4 Å². The van der Waals surface area contributed by atoms with Gasteiger partial charge in [-0.2, -0.15) is 0 Å². The molecule has 4 heteroatoms. The topological polar surface area (TPSA) is 24.7 Å². The summed E-state index contributed by atoms with van der Waals surface area (Å²) in [6, 6.07) is 37.9. The molecule has 0 atom stereocenters. The van der Waals surface area contributed by atoms with Gasteiger partial charge < -0.3 is 0 Å². The van der Waals surface area contributed by atoms with Crippen molar-refractivity contribution in [1.82, 2.24) is 0 Å². The first-order valence-corrected chi connectivity index (χ1v) is 12.4. The van der Waals surface area contributed by atoms with Crippen LogP contribution in [0.4, 0.5) is 11.4 Å². The van der Waals surface area contributed by atoms with Gasteiger partial charge in [0.15, 0.2) is 0 Å². The third-order valence-corrected chi connectivity index (χ3v) is 8.06. The summed E-state index contributed by atoms with van der Waals surface area (Å²) in [4.78, 5) is 0. The van der Waals surface area contributed by atoms with Crippen molar-refractivity contribution in [2.24, 2.45) is 10.2 Å². The standard InChI is InChI=1S/C24H18N2Se2/c1-3-11-21(12-4-1)27-23-15-7-9-19(17-23)25-26-20-10-8-16-24(18-20)28-22-13-5-2-6-14-22/h1-18H. The second kappa shape index (κ2) is 9.63. The van der Waals surface area contributed by atoms with Crippen LogP contribution in [0.1, 0.15) is 0 Å². The Bertz CT molecular complexity index is 977. The van der Waals surface area contributed by atoms with Crippen molar-refractivity contribution in [3.63, 3.8) is 0 Å². The Hall–Kier alpha value is -2.48. The second-order valence-electron chi connectivity index (χ2n) is 6.02. The van der Waals surface area contributed by atoms with Crippen LogP contribution in [-0.4, -0.2) is 29.9 Å². The molecule has 0 saturated carbocycles. The molecular weight excluding hydrogens is 474 g/mol. The Labute approximate surface area is 178 Å². The van der Waals surface area contributed by atoms with Crippen LogP contribution in [-0.2, 0) is 0 Å². The van der Waals surface area contributed by atoms with Crippen LogP contribution in [0.5, 0.6) is 0 Å². The maximum atomic E-state index is 4.47. The monoisotopic (exact) mass is 494 g/mol. The number of azo groups is 1. The van der Waals surface area contributed by atoms with E-state index in [4.69, 9.17) is 0 Å². The Morgan fingerprint density at radius 2 is 0.786 bits per heavy atom. The Morgan fingerprint density at radius 1 is 0.393 bits per heavy atom. The van der Waals surface area contributed by atoms with Crippen molar-refractivity contribution >= 4 is 59.1 Å². The minimum absolute atomic E-state index is 0.283. The van der Waals surface area contributed by atoms with Crippen molar-refractivity contribution in [1.29, 1.82) is 0 Å². The first-order chi connectivity index (χ1) is 13.8. The normalized spacial score (nSPS) is 11.0. The maximum absolute atomic E-state index is 4.47. The molecule has 0 aliphatic heterocycles. The van der Waals surface area contributed by atoms with Crippen LogP contribution in [0.25, 0.3) is 0 Å². The molecule has 0 bridgehead atoms. The zero-order valence-corrected chi connectivity index (χ0v) is 18.5. The number of hydrogen-bond acceptors (Lipinski definition) is 2. The second-order valence-corrected chi connectivity index (χ2v) is 10.8. The first-order valence-electron chi connectivity index (χ1n) is 8.93. The SMILES string of the molecule is c1ccc([Se]c2cccc(N=Nc3cccc([Se]c4ccccc4)c3)c2)cc1. The van der Waals surface area contributed by atoms with Gasteiger partial charge in [-0.05, 0) is 0 Å². The van der Waals surface area contributed by atoms with E-state index in [2.05, 4.69) is 107 Å². The van der Waals surface area contributed by atoms with Gasteiger partial charge >= 0.3 is 179 Å². The summed E-state index contributed by atoms with van der Waals surface area (Å²) in [6.07, 6.45) is 0. The van der Waals surface area contributed by atoms with E-state index < -0.39 is 0 Å². The molecule has 0 heterocycles. The first kappa shape index (κ1) is 18.9. The molecule has 0 aliphatic carbocycles. The Kier molecular flexibility index (Phi) is 6.49. The molecule has 4 rings (SSSR count). The molecule has 0 unspecified atom stereocenters. The molecule has 4 aromatic rings. The van der Waals surface area contributed by atoms with Gasteiger partial charge in [0.2, 0.25) is 0 Å². The molecule has 0 radical (unpaired) electrons. The molecule has 0 aliphatic rings. The van der Waals surface area contributed by atoms with Crippen LogP contribution in [0, 0.1) is 0 Å². The third-order valence-electron chi connectivity index (χ3n) is 3.87. The van der Waals surface area contributed by atoms with E-state index in [9.17, 15) is 0 Å². The van der Waals surface area contributed by atoms with Crippen LogP contribution >= 0.6 is 0 Å². The molecule has 0 fully saturated rings. The fraction of sp³-hybridized carbons (Fsp3) is 0. The van der Waals surface area contributed by atoms with Gasteiger partial charge in [-0.3, -0.25) is 0 Å². The zero-order valence-electron chi connectivity index (χ0n) is 15.1. The van der Waals surface area contributed by atoms with Crippen LogP contribution in [0.2, 0.25) is 0 Å². The summed E-state index contributed by atoms with van der Waals surface area (Å²) in [5.74, 6) is 0. The quantitative estimate of drug-likeness (QED) is 0.291. The third kappa shape index (κ3) is 5.51. The van der Waals surface area contributed by atoms with Gasteiger partial charge in [-0.25, -0.2) is 0 Å². The summed E-state index contributed by atoms with van der Waals surface area (Å²) in [6.45, 7) is 0. The van der Waals surface area contributed by atoms with Crippen molar-refractivity contribution in [2.45, 2.75) is 0 Å². The van der Waals surface area contributed by atoms with Crippen molar-refractivity contribution in [3.8, 4) is 0 Å². The Balaban J connectivity index is 1.47. The number of hydrogen-bond donors (Lipinski definition) is 0. The number of benzene rings is 4. The van der Waals surface area contributed by atoms with E-state index in [1.54, 1.807) is 0 Å². The fourth-order valence-corrected chi connectivity index (χ4v) is 6.32. The summed E-state index contributed by atoms with van der Waals surface area (Å²) in [7, 11) is 0. The summed E-state index contributed by atoms with van der Waals surface area (Å²) in [5, 5.41) is 8.94. The molecule has 0 amide bonds. The molecule has 0 spiro atoms. The van der Waals surface area contributed by atoms with E-state index >= 15 is 0 Å². The van der Waals surface area contributed by atoms with Gasteiger partial charge in [0.25, 0.3) is 0 Å². The molecule has 2 nitrogen and oxygen atoms in total. The molecule has 4 aromatic carbocycles. The van der Waals surface area contributed by atoms with Gasteiger partial charge in [0.05, 0.1) is 0 Å². The fourth-order valence-electron chi connectivity index (χ4n) is 2.58. The summed E-state index contributed by atoms with van der Waals surface area (Å²) in [5.41, 5.74) is 1.79. The predicted molar refractivity (Wildman–Crippen MR) is 120 cm³/mol. The molecule has 0 aromatic heterocycles.